The molecule has 1 aromatic rings. The summed E-state index contributed by atoms with van der Waals surface area (Å²) in [6.45, 7) is 0.465. The molecule has 19 heavy (non-hydrogen) atoms. The van der Waals surface area contributed by atoms with Crippen molar-refractivity contribution < 1.29 is 4.42 Å². The molecule has 0 amide bonds. The lowest BCUT2D eigenvalue weighted by molar-refractivity contribution is 0.529. The fourth-order valence-corrected chi connectivity index (χ4v) is 2.12. The smallest absolute Gasteiger partial charge is 0.405 e. The summed E-state index contributed by atoms with van der Waals surface area (Å²) in [5.74, 6) is 0.170. The molecule has 0 unspecified atom stereocenters. The van der Waals surface area contributed by atoms with E-state index in [-0.39, 0.29) is 0 Å². The number of hydrogen-bond donors (Lipinski definition) is 0. The van der Waals surface area contributed by atoms with Crippen molar-refractivity contribution in [2.45, 2.75) is 6.54 Å². The molecular weight excluding hydrogens is 289 g/mol. The Kier molecular flexibility index (Phi) is 3.00. The van der Waals surface area contributed by atoms with E-state index in [0.29, 0.717) is 28.3 Å². The van der Waals surface area contributed by atoms with E-state index in [1.165, 1.54) is 0 Å². The van der Waals surface area contributed by atoms with Crippen LogP contribution in [0.3, 0.4) is 0 Å². The first kappa shape index (κ1) is 12.2. The van der Waals surface area contributed by atoms with Crippen molar-refractivity contribution in [1.29, 1.82) is 0 Å². The molecule has 5 nitrogen and oxygen atoms in total. The third kappa shape index (κ3) is 2.47. The third-order valence-corrected chi connectivity index (χ3v) is 3.01. The van der Waals surface area contributed by atoms with Crippen LogP contribution in [-0.4, -0.2) is 14.5 Å². The highest BCUT2D eigenvalue weighted by atomic mass is 35.5. The number of halogens is 2. The van der Waals surface area contributed by atoms with Crippen molar-refractivity contribution in [1.82, 2.24) is 14.5 Å². The van der Waals surface area contributed by atoms with Gasteiger partial charge in [0.2, 0.25) is 0 Å². The van der Waals surface area contributed by atoms with E-state index in [4.69, 9.17) is 27.6 Å². The highest BCUT2D eigenvalue weighted by Gasteiger charge is 2.15. The SMILES string of the molecule is O=c1nc2n(Cc3ccc(Cl)nc3)cc(Cl)cc-2o1. The van der Waals surface area contributed by atoms with Crippen molar-refractivity contribution in [3.05, 3.63) is 56.9 Å². The molecule has 2 aliphatic heterocycles. The summed E-state index contributed by atoms with van der Waals surface area (Å²) in [6, 6.07) is 5.09. The van der Waals surface area contributed by atoms with Gasteiger partial charge in [0.25, 0.3) is 0 Å². The minimum Gasteiger partial charge on any atom is -0.405 e. The Morgan fingerprint density at radius 2 is 2.16 bits per heavy atom. The number of fused-ring (bicyclic) bond motifs is 1. The second-order valence-electron chi connectivity index (χ2n) is 3.94. The normalized spacial score (nSPS) is 11.1. The summed E-state index contributed by atoms with van der Waals surface area (Å²) < 4.78 is 6.67. The van der Waals surface area contributed by atoms with Crippen LogP contribution in [0.25, 0.3) is 11.6 Å². The van der Waals surface area contributed by atoms with Crippen molar-refractivity contribution in [2.24, 2.45) is 0 Å². The molecule has 0 N–H and O–H groups in total. The van der Waals surface area contributed by atoms with Crippen LogP contribution in [0.4, 0.5) is 0 Å². The molecule has 96 valence electrons. The van der Waals surface area contributed by atoms with Gasteiger partial charge in [0.05, 0.1) is 11.6 Å². The molecule has 3 rings (SSSR count). The molecule has 0 aliphatic carbocycles. The van der Waals surface area contributed by atoms with E-state index < -0.39 is 5.76 Å². The van der Waals surface area contributed by atoms with Crippen LogP contribution in [0.1, 0.15) is 5.56 Å². The van der Waals surface area contributed by atoms with Crippen LogP contribution < -0.4 is 5.76 Å². The van der Waals surface area contributed by atoms with Gasteiger partial charge in [-0.15, -0.1) is 0 Å². The topological polar surface area (TPSA) is 60.9 Å². The van der Waals surface area contributed by atoms with Gasteiger partial charge in [-0.25, -0.2) is 9.78 Å². The maximum atomic E-state index is 11.2. The van der Waals surface area contributed by atoms with E-state index in [1.807, 2.05) is 6.07 Å². The molecule has 0 fully saturated rings. The van der Waals surface area contributed by atoms with Gasteiger partial charge in [0.15, 0.2) is 11.6 Å². The second kappa shape index (κ2) is 4.68. The summed E-state index contributed by atoms with van der Waals surface area (Å²) >= 11 is 11.7. The quantitative estimate of drug-likeness (QED) is 0.682. The van der Waals surface area contributed by atoms with Crippen LogP contribution in [0.5, 0.6) is 0 Å². The maximum absolute atomic E-state index is 11.2. The van der Waals surface area contributed by atoms with Crippen molar-refractivity contribution in [3.63, 3.8) is 0 Å². The highest BCUT2D eigenvalue weighted by Crippen LogP contribution is 2.23. The predicted molar refractivity (Wildman–Crippen MR) is 70.7 cm³/mol. The van der Waals surface area contributed by atoms with E-state index in [1.54, 1.807) is 29.1 Å². The average molecular weight is 296 g/mol. The number of rotatable bonds is 2. The third-order valence-electron chi connectivity index (χ3n) is 2.58. The van der Waals surface area contributed by atoms with Crippen LogP contribution in [0.15, 0.2) is 39.8 Å². The van der Waals surface area contributed by atoms with E-state index in [2.05, 4.69) is 9.97 Å². The van der Waals surface area contributed by atoms with E-state index >= 15 is 0 Å². The average Bonchev–Trinajstić information content (AvgIpc) is 2.72. The number of hydrogen-bond acceptors (Lipinski definition) is 4. The highest BCUT2D eigenvalue weighted by molar-refractivity contribution is 6.30. The molecule has 3 heterocycles. The lowest BCUT2D eigenvalue weighted by atomic mass is 10.2. The van der Waals surface area contributed by atoms with Gasteiger partial charge in [-0.1, -0.05) is 29.3 Å². The van der Waals surface area contributed by atoms with Crippen molar-refractivity contribution in [2.75, 3.05) is 0 Å². The Labute approximate surface area is 117 Å². The fourth-order valence-electron chi connectivity index (χ4n) is 1.79. The fraction of sp³-hybridized carbons (Fsp3) is 0.0833. The summed E-state index contributed by atoms with van der Waals surface area (Å²) in [5.41, 5.74) is 0.911. The molecule has 0 atom stereocenters. The molecule has 0 spiro atoms. The van der Waals surface area contributed by atoms with Crippen LogP contribution in [-0.2, 0) is 6.54 Å². The molecule has 0 aromatic carbocycles. The molecule has 7 heteroatoms. The Morgan fingerprint density at radius 3 is 2.89 bits per heavy atom. The summed E-state index contributed by atoms with van der Waals surface area (Å²) in [5, 5.41) is 0.888. The Morgan fingerprint density at radius 1 is 1.32 bits per heavy atom. The summed E-state index contributed by atoms with van der Waals surface area (Å²) in [4.78, 5) is 19.0. The molecule has 0 saturated carbocycles. The van der Waals surface area contributed by atoms with Crippen LogP contribution >= 0.6 is 23.2 Å². The lowest BCUT2D eigenvalue weighted by Gasteiger charge is -2.10. The van der Waals surface area contributed by atoms with Gasteiger partial charge in [0, 0.05) is 18.5 Å². The van der Waals surface area contributed by atoms with Crippen LogP contribution in [0.2, 0.25) is 10.2 Å². The minimum absolute atomic E-state index is 0.361. The van der Waals surface area contributed by atoms with Crippen molar-refractivity contribution >= 4 is 23.2 Å². The molecule has 0 radical (unpaired) electrons. The lowest BCUT2D eigenvalue weighted by Crippen LogP contribution is -2.06. The summed E-state index contributed by atoms with van der Waals surface area (Å²) in [7, 11) is 0. The number of oxazole rings is 1. The molecular formula is C12H7Cl2N3O2. The first-order chi connectivity index (χ1) is 9.11. The van der Waals surface area contributed by atoms with Crippen molar-refractivity contribution in [3.8, 4) is 11.6 Å². The molecule has 0 saturated heterocycles. The number of nitrogens with zero attached hydrogens (tertiary/aromatic N) is 3. The van der Waals surface area contributed by atoms with Gasteiger partial charge in [-0.2, -0.15) is 4.98 Å². The van der Waals surface area contributed by atoms with Gasteiger partial charge >= 0.3 is 5.76 Å². The van der Waals surface area contributed by atoms with Gasteiger partial charge in [0.1, 0.15) is 5.15 Å². The zero-order valence-electron chi connectivity index (χ0n) is 9.51. The van der Waals surface area contributed by atoms with E-state index in [9.17, 15) is 4.79 Å². The van der Waals surface area contributed by atoms with Gasteiger partial charge in [-0.05, 0) is 11.6 Å². The Balaban J connectivity index is 2.05. The number of pyridine rings is 2. The Bertz CT molecular complexity index is 749. The minimum atomic E-state index is -0.639. The number of aromatic nitrogens is 3. The van der Waals surface area contributed by atoms with Gasteiger partial charge in [-0.3, -0.25) is 0 Å². The monoisotopic (exact) mass is 295 g/mol. The maximum Gasteiger partial charge on any atom is 0.441 e. The predicted octanol–water partition coefficient (Wildman–Crippen LogP) is 2.69. The first-order valence-corrected chi connectivity index (χ1v) is 6.14. The standard InChI is InChI=1S/C12H7Cl2N3O2/c13-8-3-9-11(16-12(18)19-9)17(6-8)5-7-1-2-10(14)15-4-7/h1-4,6H,5H2. The molecule has 1 aromatic heterocycles. The largest absolute Gasteiger partial charge is 0.441 e. The zero-order chi connectivity index (χ0) is 13.4. The Hall–Kier alpha value is -1.85. The molecule has 2 aliphatic rings. The molecule has 0 bridgehead atoms. The summed E-state index contributed by atoms with van der Waals surface area (Å²) in [6.07, 6.45) is 3.33. The zero-order valence-corrected chi connectivity index (χ0v) is 11.0. The van der Waals surface area contributed by atoms with E-state index in [0.717, 1.165) is 5.56 Å². The first-order valence-electron chi connectivity index (χ1n) is 5.39. The van der Waals surface area contributed by atoms with Crippen LogP contribution in [0, 0.1) is 0 Å². The second-order valence-corrected chi connectivity index (χ2v) is 4.77. The van der Waals surface area contributed by atoms with Gasteiger partial charge < -0.3 is 8.98 Å².